The van der Waals surface area contributed by atoms with Crippen molar-refractivity contribution >= 4 is 5.91 Å². The fraction of sp³-hybridized carbons (Fsp3) is 0.133. The summed E-state index contributed by atoms with van der Waals surface area (Å²) < 4.78 is 83.4. The van der Waals surface area contributed by atoms with Crippen LogP contribution in [0.25, 0.3) is 0 Å². The van der Waals surface area contributed by atoms with Crippen molar-refractivity contribution in [3.63, 3.8) is 0 Å². The van der Waals surface area contributed by atoms with E-state index in [1.807, 2.05) is 0 Å². The Balaban J connectivity index is 2.09. The van der Waals surface area contributed by atoms with Crippen LogP contribution in [0.15, 0.2) is 103 Å². The molecule has 1 N–H and O–H groups in total. The van der Waals surface area contributed by atoms with Gasteiger partial charge in [-0.25, -0.2) is 0 Å². The number of alkyl halides is 6. The molecular formula is C30H20F6N2O. The second kappa shape index (κ2) is 10.7. The number of carbonyl (C=O) groups is 1. The first kappa shape index (κ1) is 27.5. The van der Waals surface area contributed by atoms with Crippen molar-refractivity contribution < 1.29 is 31.1 Å². The van der Waals surface area contributed by atoms with Crippen LogP contribution in [-0.4, -0.2) is 5.91 Å². The fourth-order valence-electron chi connectivity index (χ4n) is 4.52. The van der Waals surface area contributed by atoms with Gasteiger partial charge in [-0.3, -0.25) is 4.79 Å². The lowest BCUT2D eigenvalue weighted by atomic mass is 9.74. The molecule has 0 bridgehead atoms. The van der Waals surface area contributed by atoms with Crippen molar-refractivity contribution in [3.8, 4) is 6.07 Å². The van der Waals surface area contributed by atoms with Crippen LogP contribution in [0, 0.1) is 11.3 Å². The average Bonchev–Trinajstić information content (AvgIpc) is 2.92. The Morgan fingerprint density at radius 2 is 1.26 bits per heavy atom. The van der Waals surface area contributed by atoms with E-state index in [4.69, 9.17) is 0 Å². The molecule has 39 heavy (non-hydrogen) atoms. The van der Waals surface area contributed by atoms with Crippen molar-refractivity contribution in [2.75, 3.05) is 0 Å². The Bertz CT molecular complexity index is 1510. The van der Waals surface area contributed by atoms with Crippen LogP contribution in [-0.2, 0) is 24.3 Å². The number of amides is 1. The summed E-state index contributed by atoms with van der Waals surface area (Å²) >= 11 is 0. The van der Waals surface area contributed by atoms with Crippen molar-refractivity contribution in [3.05, 3.63) is 142 Å². The molecule has 4 aromatic rings. The average molecular weight is 538 g/mol. The second-order valence-electron chi connectivity index (χ2n) is 8.80. The maximum atomic E-state index is 14.0. The molecule has 0 aliphatic rings. The molecule has 0 fully saturated rings. The third kappa shape index (κ3) is 5.80. The summed E-state index contributed by atoms with van der Waals surface area (Å²) in [7, 11) is 0. The summed E-state index contributed by atoms with van der Waals surface area (Å²) in [4.78, 5) is 13.5. The van der Waals surface area contributed by atoms with E-state index in [9.17, 15) is 36.4 Å². The molecule has 0 spiro atoms. The van der Waals surface area contributed by atoms with E-state index in [0.29, 0.717) is 5.56 Å². The van der Waals surface area contributed by atoms with Gasteiger partial charge >= 0.3 is 12.4 Å². The molecule has 0 aliphatic carbocycles. The molecule has 0 aliphatic heterocycles. The predicted molar refractivity (Wildman–Crippen MR) is 132 cm³/mol. The highest BCUT2D eigenvalue weighted by Crippen LogP contribution is 2.42. The van der Waals surface area contributed by atoms with Gasteiger partial charge in [0.05, 0.1) is 22.2 Å². The first-order chi connectivity index (χ1) is 18.5. The summed E-state index contributed by atoms with van der Waals surface area (Å²) in [5, 5.41) is 12.7. The molecule has 0 heterocycles. The number of carbonyl (C=O) groups excluding carboxylic acids is 1. The molecule has 1 amide bonds. The van der Waals surface area contributed by atoms with Crippen molar-refractivity contribution in [2.45, 2.75) is 24.3 Å². The van der Waals surface area contributed by atoms with Gasteiger partial charge in [-0.15, -0.1) is 0 Å². The molecule has 4 aromatic carbocycles. The van der Waals surface area contributed by atoms with Crippen LogP contribution in [0.5, 0.6) is 0 Å². The molecule has 0 saturated heterocycles. The summed E-state index contributed by atoms with van der Waals surface area (Å²) in [6.45, 7) is 0. The highest BCUT2D eigenvalue weighted by atomic mass is 19.4. The molecule has 4 rings (SSSR count). The predicted octanol–water partition coefficient (Wildman–Crippen LogP) is 7.51. The number of benzene rings is 4. The summed E-state index contributed by atoms with van der Waals surface area (Å²) in [6.07, 6.45) is -9.95. The zero-order valence-corrected chi connectivity index (χ0v) is 20.1. The second-order valence-corrected chi connectivity index (χ2v) is 8.80. The molecular weight excluding hydrogens is 518 g/mol. The van der Waals surface area contributed by atoms with Gasteiger partial charge in [0, 0.05) is 17.5 Å². The number of nitriles is 1. The quantitative estimate of drug-likeness (QED) is 0.258. The molecule has 0 aromatic heterocycles. The van der Waals surface area contributed by atoms with Crippen molar-refractivity contribution in [1.82, 2.24) is 5.32 Å². The summed E-state index contributed by atoms with van der Waals surface area (Å²) in [6, 6.07) is 24.6. The number of halogens is 6. The largest absolute Gasteiger partial charge is 0.417 e. The number of hydrogen-bond donors (Lipinski definition) is 1. The lowest BCUT2D eigenvalue weighted by molar-refractivity contribution is -0.138. The minimum atomic E-state index is -4.93. The summed E-state index contributed by atoms with van der Waals surface area (Å²) in [5.41, 5.74) is -4.91. The van der Waals surface area contributed by atoms with E-state index in [1.165, 1.54) is 24.3 Å². The van der Waals surface area contributed by atoms with Gasteiger partial charge in [0.15, 0.2) is 0 Å². The van der Waals surface area contributed by atoms with E-state index in [2.05, 4.69) is 5.32 Å². The first-order valence-corrected chi connectivity index (χ1v) is 11.7. The Kier molecular flexibility index (Phi) is 7.50. The van der Waals surface area contributed by atoms with Crippen LogP contribution >= 0.6 is 0 Å². The lowest BCUT2D eigenvalue weighted by Gasteiger charge is -2.38. The smallest absolute Gasteiger partial charge is 0.338 e. The van der Waals surface area contributed by atoms with Crippen LogP contribution in [0.1, 0.15) is 43.7 Å². The topological polar surface area (TPSA) is 52.9 Å². The summed E-state index contributed by atoms with van der Waals surface area (Å²) in [5.74, 6) is -0.745. The third-order valence-electron chi connectivity index (χ3n) is 6.30. The number of nitrogens with one attached hydrogen (secondary N) is 1. The van der Waals surface area contributed by atoms with Gasteiger partial charge in [-0.1, -0.05) is 72.8 Å². The number of hydrogen-bond acceptors (Lipinski definition) is 2. The highest BCUT2D eigenvalue weighted by molar-refractivity contribution is 5.95. The number of nitrogens with zero attached hydrogens (tertiary/aromatic N) is 1. The van der Waals surface area contributed by atoms with Gasteiger partial charge in [0.2, 0.25) is 0 Å². The maximum absolute atomic E-state index is 14.0. The Morgan fingerprint density at radius 3 is 1.85 bits per heavy atom. The van der Waals surface area contributed by atoms with E-state index in [-0.39, 0.29) is 23.1 Å². The number of rotatable bonds is 6. The van der Waals surface area contributed by atoms with Gasteiger partial charge in [0.1, 0.15) is 6.07 Å². The molecule has 0 saturated carbocycles. The Morgan fingerprint density at radius 1 is 0.692 bits per heavy atom. The SMILES string of the molecule is N#Cc1c(C(F)(F)F)cccc1C(Cc1ccccc1)(NC(=O)c1ccccc1)c1cccc(C(F)(F)F)c1. The van der Waals surface area contributed by atoms with Crippen LogP contribution in [0.3, 0.4) is 0 Å². The Labute approximate surface area is 220 Å². The fourth-order valence-corrected chi connectivity index (χ4v) is 4.52. The van der Waals surface area contributed by atoms with Crippen LogP contribution in [0.4, 0.5) is 26.3 Å². The van der Waals surface area contributed by atoms with Crippen molar-refractivity contribution in [2.24, 2.45) is 0 Å². The minimum absolute atomic E-state index is 0.132. The standard InChI is InChI=1S/C30H20F6N2O/c31-29(32,33)23-14-7-13-22(17-23)28(18-20-9-3-1-4-10-20,38-27(39)21-11-5-2-6-12-21)25-15-8-16-26(24(25)19-37)30(34,35)36/h1-17H,18H2,(H,38,39). The van der Waals surface area contributed by atoms with Crippen molar-refractivity contribution in [1.29, 1.82) is 5.26 Å². The zero-order chi connectivity index (χ0) is 28.3. The first-order valence-electron chi connectivity index (χ1n) is 11.7. The molecule has 1 unspecified atom stereocenters. The Hall–Kier alpha value is -4.58. The molecule has 1 atom stereocenters. The monoisotopic (exact) mass is 538 g/mol. The highest BCUT2D eigenvalue weighted by Gasteiger charge is 2.43. The molecule has 198 valence electrons. The van der Waals surface area contributed by atoms with Gasteiger partial charge in [-0.2, -0.15) is 31.6 Å². The van der Waals surface area contributed by atoms with Gasteiger partial charge in [-0.05, 0) is 41.5 Å². The molecule has 9 heteroatoms. The lowest BCUT2D eigenvalue weighted by Crippen LogP contribution is -2.49. The zero-order valence-electron chi connectivity index (χ0n) is 20.1. The minimum Gasteiger partial charge on any atom is -0.338 e. The van der Waals surface area contributed by atoms with Gasteiger partial charge < -0.3 is 5.32 Å². The van der Waals surface area contributed by atoms with Crippen LogP contribution in [0.2, 0.25) is 0 Å². The molecule has 3 nitrogen and oxygen atoms in total. The normalized spacial score (nSPS) is 13.3. The van der Waals surface area contributed by atoms with E-state index in [0.717, 1.165) is 30.3 Å². The third-order valence-corrected chi connectivity index (χ3v) is 6.30. The molecule has 0 radical (unpaired) electrons. The van der Waals surface area contributed by atoms with Crippen LogP contribution < -0.4 is 5.32 Å². The van der Waals surface area contributed by atoms with Gasteiger partial charge in [0.25, 0.3) is 5.91 Å². The van der Waals surface area contributed by atoms with E-state index in [1.54, 1.807) is 54.6 Å². The van der Waals surface area contributed by atoms with E-state index >= 15 is 0 Å². The van der Waals surface area contributed by atoms with E-state index < -0.39 is 40.5 Å². The maximum Gasteiger partial charge on any atom is 0.417 e.